The molecule has 0 saturated carbocycles. The van der Waals surface area contributed by atoms with E-state index in [2.05, 4.69) is 20.9 Å². The number of pyridine rings is 1. The van der Waals surface area contributed by atoms with Gasteiger partial charge < -0.3 is 0 Å². The largest absolute Gasteiger partial charge is 0.297 e. The summed E-state index contributed by atoms with van der Waals surface area (Å²) in [5, 5.41) is 0.932. The topological polar surface area (TPSA) is 33.2 Å². The lowest BCUT2D eigenvalue weighted by atomic mass is 10.1. The SMILES string of the molecule is CCN(C(=O)Cc1ccc(Cl)c(Cl)c1)c1ccc(Br)cn1. The maximum absolute atomic E-state index is 12.4. The van der Waals surface area contributed by atoms with Gasteiger partial charge in [-0.2, -0.15) is 0 Å². The molecule has 110 valence electrons. The molecular weight excluding hydrogens is 375 g/mol. The van der Waals surface area contributed by atoms with Crippen molar-refractivity contribution in [2.24, 2.45) is 0 Å². The van der Waals surface area contributed by atoms with Crippen LogP contribution in [0.4, 0.5) is 5.82 Å². The summed E-state index contributed by atoms with van der Waals surface area (Å²) in [6, 6.07) is 8.87. The fourth-order valence-electron chi connectivity index (χ4n) is 1.91. The van der Waals surface area contributed by atoms with Gasteiger partial charge in [-0.05, 0) is 52.7 Å². The molecule has 0 fully saturated rings. The van der Waals surface area contributed by atoms with Crippen LogP contribution in [0.15, 0.2) is 41.0 Å². The molecule has 0 N–H and O–H groups in total. The van der Waals surface area contributed by atoms with Gasteiger partial charge in [-0.15, -0.1) is 0 Å². The molecule has 0 unspecified atom stereocenters. The molecule has 0 aliphatic carbocycles. The van der Waals surface area contributed by atoms with Crippen molar-refractivity contribution < 1.29 is 4.79 Å². The van der Waals surface area contributed by atoms with Crippen LogP contribution >= 0.6 is 39.1 Å². The lowest BCUT2D eigenvalue weighted by Crippen LogP contribution is -2.32. The van der Waals surface area contributed by atoms with E-state index >= 15 is 0 Å². The highest BCUT2D eigenvalue weighted by Gasteiger charge is 2.16. The third-order valence-corrected chi connectivity index (χ3v) is 4.15. The maximum Gasteiger partial charge on any atom is 0.232 e. The van der Waals surface area contributed by atoms with Crippen molar-refractivity contribution >= 4 is 50.9 Å². The van der Waals surface area contributed by atoms with Crippen LogP contribution in [0.3, 0.4) is 0 Å². The summed E-state index contributed by atoms with van der Waals surface area (Å²) in [7, 11) is 0. The molecule has 0 saturated heterocycles. The molecule has 3 nitrogen and oxygen atoms in total. The highest BCUT2D eigenvalue weighted by Crippen LogP contribution is 2.23. The molecule has 0 aliphatic rings. The van der Waals surface area contributed by atoms with Crippen molar-refractivity contribution in [2.75, 3.05) is 11.4 Å². The van der Waals surface area contributed by atoms with Crippen LogP contribution in [0.5, 0.6) is 0 Å². The third-order valence-electron chi connectivity index (χ3n) is 2.94. The fraction of sp³-hybridized carbons (Fsp3) is 0.200. The molecule has 0 radical (unpaired) electrons. The van der Waals surface area contributed by atoms with Crippen LogP contribution in [0.1, 0.15) is 12.5 Å². The Morgan fingerprint density at radius 2 is 2.00 bits per heavy atom. The van der Waals surface area contributed by atoms with E-state index in [1.165, 1.54) is 0 Å². The van der Waals surface area contributed by atoms with Crippen LogP contribution in [0, 0.1) is 0 Å². The molecule has 2 aromatic rings. The minimum atomic E-state index is -0.0364. The number of amides is 1. The van der Waals surface area contributed by atoms with E-state index in [0.29, 0.717) is 22.4 Å². The Hall–Kier alpha value is -1.10. The van der Waals surface area contributed by atoms with Gasteiger partial charge in [-0.1, -0.05) is 29.3 Å². The Morgan fingerprint density at radius 3 is 2.57 bits per heavy atom. The summed E-state index contributed by atoms with van der Waals surface area (Å²) in [6.45, 7) is 2.46. The highest BCUT2D eigenvalue weighted by molar-refractivity contribution is 9.10. The maximum atomic E-state index is 12.4. The molecule has 0 atom stereocenters. The average Bonchev–Trinajstić information content (AvgIpc) is 2.46. The third kappa shape index (κ3) is 4.19. The van der Waals surface area contributed by atoms with Gasteiger partial charge >= 0.3 is 0 Å². The van der Waals surface area contributed by atoms with Gasteiger partial charge in [-0.3, -0.25) is 9.69 Å². The first-order valence-corrected chi connectivity index (χ1v) is 7.92. The Bertz CT molecular complexity index is 647. The number of carbonyl (C=O) groups is 1. The first-order chi connectivity index (χ1) is 10.0. The highest BCUT2D eigenvalue weighted by atomic mass is 79.9. The van der Waals surface area contributed by atoms with Gasteiger partial charge in [0.1, 0.15) is 5.82 Å². The fourth-order valence-corrected chi connectivity index (χ4v) is 2.47. The summed E-state index contributed by atoms with van der Waals surface area (Å²) in [6.07, 6.45) is 1.92. The van der Waals surface area contributed by atoms with Crippen LogP contribution < -0.4 is 4.90 Å². The van der Waals surface area contributed by atoms with E-state index in [9.17, 15) is 4.79 Å². The predicted octanol–water partition coefficient (Wildman–Crippen LogP) is 4.75. The van der Waals surface area contributed by atoms with Crippen molar-refractivity contribution in [3.05, 3.63) is 56.6 Å². The van der Waals surface area contributed by atoms with Gasteiger partial charge in [0.05, 0.1) is 16.5 Å². The van der Waals surface area contributed by atoms with Crippen molar-refractivity contribution in [1.29, 1.82) is 0 Å². The lowest BCUT2D eigenvalue weighted by molar-refractivity contribution is -0.118. The molecule has 1 aromatic carbocycles. The summed E-state index contributed by atoms with van der Waals surface area (Å²) in [5.41, 5.74) is 0.824. The molecule has 0 bridgehead atoms. The van der Waals surface area contributed by atoms with Crippen molar-refractivity contribution in [2.45, 2.75) is 13.3 Å². The zero-order valence-electron chi connectivity index (χ0n) is 11.3. The number of likely N-dealkylation sites (N-methyl/N-ethyl adjacent to an activating group) is 1. The zero-order chi connectivity index (χ0) is 15.4. The molecular formula is C15H13BrCl2N2O. The number of carbonyl (C=O) groups excluding carboxylic acids is 1. The number of hydrogen-bond acceptors (Lipinski definition) is 2. The van der Waals surface area contributed by atoms with E-state index in [1.54, 1.807) is 35.4 Å². The number of rotatable bonds is 4. The number of benzene rings is 1. The number of anilines is 1. The van der Waals surface area contributed by atoms with Crippen molar-refractivity contribution in [3.63, 3.8) is 0 Å². The monoisotopic (exact) mass is 386 g/mol. The average molecular weight is 388 g/mol. The Morgan fingerprint density at radius 1 is 1.24 bits per heavy atom. The second-order valence-corrected chi connectivity index (χ2v) is 6.13. The molecule has 0 spiro atoms. The minimum absolute atomic E-state index is 0.0364. The van der Waals surface area contributed by atoms with E-state index in [-0.39, 0.29) is 12.3 Å². The van der Waals surface area contributed by atoms with Gasteiger partial charge in [-0.25, -0.2) is 4.98 Å². The molecule has 1 amide bonds. The van der Waals surface area contributed by atoms with Gasteiger partial charge in [0, 0.05) is 17.2 Å². The number of nitrogens with zero attached hydrogens (tertiary/aromatic N) is 2. The second kappa shape index (κ2) is 7.25. The van der Waals surface area contributed by atoms with E-state index in [0.717, 1.165) is 10.0 Å². The van der Waals surface area contributed by atoms with Gasteiger partial charge in [0.2, 0.25) is 5.91 Å². The normalized spacial score (nSPS) is 10.5. The molecule has 1 aromatic heterocycles. The molecule has 2 rings (SSSR count). The van der Waals surface area contributed by atoms with Crippen LogP contribution in [0.2, 0.25) is 10.0 Å². The van der Waals surface area contributed by atoms with Crippen molar-refractivity contribution in [1.82, 2.24) is 4.98 Å². The number of hydrogen-bond donors (Lipinski definition) is 0. The molecule has 6 heteroatoms. The summed E-state index contributed by atoms with van der Waals surface area (Å²) >= 11 is 15.2. The summed E-state index contributed by atoms with van der Waals surface area (Å²) in [5.74, 6) is 0.594. The van der Waals surface area contributed by atoms with Crippen LogP contribution in [-0.4, -0.2) is 17.4 Å². The van der Waals surface area contributed by atoms with Crippen LogP contribution in [0.25, 0.3) is 0 Å². The Labute approximate surface area is 142 Å². The second-order valence-electron chi connectivity index (χ2n) is 4.40. The molecule has 21 heavy (non-hydrogen) atoms. The minimum Gasteiger partial charge on any atom is -0.297 e. The Balaban J connectivity index is 2.16. The van der Waals surface area contributed by atoms with Gasteiger partial charge in [0.15, 0.2) is 0 Å². The standard InChI is InChI=1S/C15H13BrCl2N2O/c1-2-20(14-6-4-11(16)9-19-14)15(21)8-10-3-5-12(17)13(18)7-10/h3-7,9H,2,8H2,1H3. The predicted molar refractivity (Wildman–Crippen MR) is 90.1 cm³/mol. The van der Waals surface area contributed by atoms with E-state index in [4.69, 9.17) is 23.2 Å². The van der Waals surface area contributed by atoms with Crippen molar-refractivity contribution in [3.8, 4) is 0 Å². The molecule has 0 aliphatic heterocycles. The Kier molecular flexibility index (Phi) is 5.62. The first kappa shape index (κ1) is 16.3. The smallest absolute Gasteiger partial charge is 0.232 e. The summed E-state index contributed by atoms with van der Waals surface area (Å²) < 4.78 is 0.874. The first-order valence-electron chi connectivity index (χ1n) is 6.37. The van der Waals surface area contributed by atoms with Gasteiger partial charge in [0.25, 0.3) is 0 Å². The van der Waals surface area contributed by atoms with E-state index in [1.807, 2.05) is 13.0 Å². The summed E-state index contributed by atoms with van der Waals surface area (Å²) in [4.78, 5) is 18.3. The quantitative estimate of drug-likeness (QED) is 0.758. The zero-order valence-corrected chi connectivity index (χ0v) is 14.4. The number of halogens is 3. The lowest BCUT2D eigenvalue weighted by Gasteiger charge is -2.20. The van der Waals surface area contributed by atoms with Crippen LogP contribution in [-0.2, 0) is 11.2 Å². The van der Waals surface area contributed by atoms with E-state index < -0.39 is 0 Å². The molecule has 1 heterocycles. The number of aromatic nitrogens is 1.